The Morgan fingerprint density at radius 1 is 1.37 bits per heavy atom. The fourth-order valence-corrected chi connectivity index (χ4v) is 3.08. The minimum absolute atomic E-state index is 0.558. The van der Waals surface area contributed by atoms with Gasteiger partial charge >= 0.3 is 0 Å². The molecule has 1 N–H and O–H groups in total. The molecule has 2 aromatic rings. The summed E-state index contributed by atoms with van der Waals surface area (Å²) in [4.78, 5) is 0. The molecule has 0 aliphatic heterocycles. The van der Waals surface area contributed by atoms with Crippen molar-refractivity contribution in [1.29, 1.82) is 0 Å². The molecule has 0 amide bonds. The SMILES string of the molecule is CCCn1ncc(Br)c1C(O)Cc1cccc(Br)c1. The van der Waals surface area contributed by atoms with E-state index in [2.05, 4.69) is 43.9 Å². The number of aliphatic hydroxyl groups is 1. The zero-order valence-electron chi connectivity index (χ0n) is 10.7. The first-order chi connectivity index (χ1) is 9.11. The smallest absolute Gasteiger partial charge is 0.101 e. The van der Waals surface area contributed by atoms with Crippen LogP contribution in [0.3, 0.4) is 0 Å². The molecule has 0 spiro atoms. The summed E-state index contributed by atoms with van der Waals surface area (Å²) in [6.07, 6.45) is 2.76. The normalized spacial score (nSPS) is 12.6. The van der Waals surface area contributed by atoms with Crippen LogP contribution in [0.25, 0.3) is 0 Å². The van der Waals surface area contributed by atoms with E-state index in [9.17, 15) is 5.11 Å². The molecule has 0 aliphatic carbocycles. The van der Waals surface area contributed by atoms with Crippen LogP contribution in [-0.4, -0.2) is 14.9 Å². The molecule has 0 bridgehead atoms. The van der Waals surface area contributed by atoms with E-state index in [0.29, 0.717) is 6.42 Å². The number of benzene rings is 1. The molecule has 1 atom stereocenters. The molecule has 1 unspecified atom stereocenters. The lowest BCUT2D eigenvalue weighted by molar-refractivity contribution is 0.166. The maximum atomic E-state index is 10.4. The van der Waals surface area contributed by atoms with Crippen molar-refractivity contribution in [2.24, 2.45) is 0 Å². The van der Waals surface area contributed by atoms with Gasteiger partial charge in [0.25, 0.3) is 0 Å². The Balaban J connectivity index is 2.20. The van der Waals surface area contributed by atoms with Gasteiger partial charge in [-0.15, -0.1) is 0 Å². The van der Waals surface area contributed by atoms with Gasteiger partial charge in [0.15, 0.2) is 0 Å². The summed E-state index contributed by atoms with van der Waals surface area (Å²) in [5, 5.41) is 14.7. The number of hydrogen-bond acceptors (Lipinski definition) is 2. The van der Waals surface area contributed by atoms with Crippen molar-refractivity contribution < 1.29 is 5.11 Å². The summed E-state index contributed by atoms with van der Waals surface area (Å²) in [6, 6.07) is 8.00. The lowest BCUT2D eigenvalue weighted by atomic mass is 10.1. The van der Waals surface area contributed by atoms with Crippen molar-refractivity contribution in [2.75, 3.05) is 0 Å². The van der Waals surface area contributed by atoms with Crippen molar-refractivity contribution in [3.63, 3.8) is 0 Å². The predicted molar refractivity (Wildman–Crippen MR) is 83.0 cm³/mol. The molecule has 0 saturated carbocycles. The van der Waals surface area contributed by atoms with Crippen LogP contribution in [0.1, 0.15) is 30.7 Å². The van der Waals surface area contributed by atoms with Crippen molar-refractivity contribution in [1.82, 2.24) is 9.78 Å². The van der Waals surface area contributed by atoms with Crippen molar-refractivity contribution in [3.8, 4) is 0 Å². The van der Waals surface area contributed by atoms with E-state index in [4.69, 9.17) is 0 Å². The van der Waals surface area contributed by atoms with E-state index in [1.54, 1.807) is 6.20 Å². The maximum Gasteiger partial charge on any atom is 0.101 e. The van der Waals surface area contributed by atoms with Gasteiger partial charge in [-0.3, -0.25) is 4.68 Å². The number of hydrogen-bond donors (Lipinski definition) is 1. The number of aryl methyl sites for hydroxylation is 1. The molecule has 0 aliphatic rings. The lowest BCUT2D eigenvalue weighted by Crippen LogP contribution is -2.11. The third kappa shape index (κ3) is 3.68. The quantitative estimate of drug-likeness (QED) is 0.838. The highest BCUT2D eigenvalue weighted by Gasteiger charge is 2.18. The minimum Gasteiger partial charge on any atom is -0.386 e. The highest BCUT2D eigenvalue weighted by molar-refractivity contribution is 9.10. The average molecular weight is 388 g/mol. The van der Waals surface area contributed by atoms with E-state index in [1.165, 1.54) is 0 Å². The van der Waals surface area contributed by atoms with E-state index in [-0.39, 0.29) is 0 Å². The van der Waals surface area contributed by atoms with Gasteiger partial charge in [-0.2, -0.15) is 5.10 Å². The second kappa shape index (κ2) is 6.68. The van der Waals surface area contributed by atoms with Gasteiger partial charge in [0.05, 0.1) is 16.4 Å². The molecule has 0 fully saturated rings. The van der Waals surface area contributed by atoms with Gasteiger partial charge < -0.3 is 5.11 Å². The molecule has 1 aromatic carbocycles. The lowest BCUT2D eigenvalue weighted by Gasteiger charge is -2.14. The highest BCUT2D eigenvalue weighted by atomic mass is 79.9. The van der Waals surface area contributed by atoms with Crippen molar-refractivity contribution in [2.45, 2.75) is 32.4 Å². The van der Waals surface area contributed by atoms with Gasteiger partial charge in [0.2, 0.25) is 0 Å². The Morgan fingerprint density at radius 2 is 2.16 bits per heavy atom. The van der Waals surface area contributed by atoms with Gasteiger partial charge in [-0.25, -0.2) is 0 Å². The number of nitrogens with zero attached hydrogens (tertiary/aromatic N) is 2. The Hall–Kier alpha value is -0.650. The first kappa shape index (κ1) is 14.8. The zero-order valence-corrected chi connectivity index (χ0v) is 13.9. The molecule has 102 valence electrons. The third-order valence-electron chi connectivity index (χ3n) is 2.90. The molecule has 2 rings (SSSR count). The fraction of sp³-hybridized carbons (Fsp3) is 0.357. The van der Waals surface area contributed by atoms with Crippen LogP contribution in [0, 0.1) is 0 Å². The molecule has 5 heteroatoms. The number of rotatable bonds is 5. The van der Waals surface area contributed by atoms with E-state index >= 15 is 0 Å². The molecule has 3 nitrogen and oxygen atoms in total. The van der Waals surface area contributed by atoms with Crippen LogP contribution < -0.4 is 0 Å². The highest BCUT2D eigenvalue weighted by Crippen LogP contribution is 2.27. The molecule has 0 saturated heterocycles. The maximum absolute atomic E-state index is 10.4. The number of aliphatic hydroxyl groups excluding tert-OH is 1. The molecule has 0 radical (unpaired) electrons. The first-order valence-electron chi connectivity index (χ1n) is 6.25. The Kier molecular flexibility index (Phi) is 5.19. The minimum atomic E-state index is -0.558. The number of aromatic nitrogens is 2. The summed E-state index contributed by atoms with van der Waals surface area (Å²) in [6.45, 7) is 2.91. The second-order valence-electron chi connectivity index (χ2n) is 4.45. The number of halogens is 2. The van der Waals surface area contributed by atoms with Crippen LogP contribution in [0.2, 0.25) is 0 Å². The van der Waals surface area contributed by atoms with Crippen LogP contribution in [0.4, 0.5) is 0 Å². The summed E-state index contributed by atoms with van der Waals surface area (Å²) < 4.78 is 3.76. The van der Waals surface area contributed by atoms with Crippen LogP contribution in [0.5, 0.6) is 0 Å². The summed E-state index contributed by atoms with van der Waals surface area (Å²) >= 11 is 6.91. The third-order valence-corrected chi connectivity index (χ3v) is 4.01. The van der Waals surface area contributed by atoms with Gasteiger partial charge in [-0.05, 0) is 40.0 Å². The van der Waals surface area contributed by atoms with Gasteiger partial charge in [0.1, 0.15) is 6.10 Å². The summed E-state index contributed by atoms with van der Waals surface area (Å²) in [5.74, 6) is 0. The largest absolute Gasteiger partial charge is 0.386 e. The van der Waals surface area contributed by atoms with Crippen LogP contribution in [-0.2, 0) is 13.0 Å². The van der Waals surface area contributed by atoms with Gasteiger partial charge in [-0.1, -0.05) is 35.0 Å². The fourth-order valence-electron chi connectivity index (χ4n) is 2.08. The van der Waals surface area contributed by atoms with E-state index < -0.39 is 6.10 Å². The standard InChI is InChI=1S/C14H16Br2N2O/c1-2-6-18-14(12(16)9-17-18)13(19)8-10-4-3-5-11(15)7-10/h3-5,7,9,13,19H,2,6,8H2,1H3. The molecule has 19 heavy (non-hydrogen) atoms. The second-order valence-corrected chi connectivity index (χ2v) is 6.22. The molecule has 1 aromatic heterocycles. The van der Waals surface area contributed by atoms with Crippen LogP contribution >= 0.6 is 31.9 Å². The molecule has 1 heterocycles. The monoisotopic (exact) mass is 386 g/mol. The van der Waals surface area contributed by atoms with Crippen molar-refractivity contribution >= 4 is 31.9 Å². The van der Waals surface area contributed by atoms with E-state index in [1.807, 2.05) is 28.9 Å². The van der Waals surface area contributed by atoms with E-state index in [0.717, 1.165) is 33.2 Å². The van der Waals surface area contributed by atoms with Gasteiger partial charge in [0, 0.05) is 17.4 Å². The first-order valence-corrected chi connectivity index (χ1v) is 7.84. The zero-order chi connectivity index (χ0) is 13.8. The topological polar surface area (TPSA) is 38.0 Å². The Labute approximate surface area is 129 Å². The summed E-state index contributed by atoms with van der Waals surface area (Å²) in [7, 11) is 0. The molecular weight excluding hydrogens is 372 g/mol. The van der Waals surface area contributed by atoms with Crippen LogP contribution in [0.15, 0.2) is 39.4 Å². The average Bonchev–Trinajstić information content (AvgIpc) is 2.71. The molecular formula is C14H16Br2N2O. The Bertz CT molecular complexity index is 554. The van der Waals surface area contributed by atoms with Crippen molar-refractivity contribution in [3.05, 3.63) is 50.7 Å². The predicted octanol–water partition coefficient (Wildman–Crippen LogP) is 4.09. The Morgan fingerprint density at radius 3 is 2.84 bits per heavy atom. The summed E-state index contributed by atoms with van der Waals surface area (Å²) in [5.41, 5.74) is 1.94.